The second-order valence-corrected chi connectivity index (χ2v) is 16.9. The van der Waals surface area contributed by atoms with Crippen LogP contribution >= 0.6 is 0 Å². The number of hydrogen-bond acceptors (Lipinski definition) is 5. The predicted octanol–water partition coefficient (Wildman–Crippen LogP) is 6.12. The van der Waals surface area contributed by atoms with Crippen LogP contribution in [-0.4, -0.2) is 58.8 Å². The van der Waals surface area contributed by atoms with E-state index >= 15 is 0 Å². The van der Waals surface area contributed by atoms with Gasteiger partial charge in [0.1, 0.15) is 0 Å². The highest BCUT2D eigenvalue weighted by atomic mass is 16.5. The number of amides is 1. The summed E-state index contributed by atoms with van der Waals surface area (Å²) in [6.07, 6.45) is 15.9. The Labute approximate surface area is 253 Å². The predicted molar refractivity (Wildman–Crippen MR) is 164 cm³/mol. The minimum atomic E-state index is -0.373. The summed E-state index contributed by atoms with van der Waals surface area (Å²) in [5, 5.41) is 10.9. The Morgan fingerprint density at radius 1 is 0.976 bits per heavy atom. The van der Waals surface area contributed by atoms with E-state index in [0.29, 0.717) is 36.9 Å². The third-order valence-electron chi connectivity index (χ3n) is 14.6. The summed E-state index contributed by atoms with van der Waals surface area (Å²) in [6.45, 7) is 17.7. The number of carbonyl (C=O) groups is 1. The first-order valence-electron chi connectivity index (χ1n) is 16.8. The Hall–Kier alpha value is -1.79. The molecule has 8 atom stereocenters. The lowest BCUT2D eigenvalue weighted by molar-refractivity contribution is -0.177. The van der Waals surface area contributed by atoms with Crippen LogP contribution in [0.1, 0.15) is 104 Å². The van der Waals surface area contributed by atoms with Crippen LogP contribution in [-0.2, 0) is 21.4 Å². The molecule has 5 aliphatic carbocycles. The van der Waals surface area contributed by atoms with Crippen LogP contribution in [0.25, 0.3) is 0 Å². The Balaban J connectivity index is 1.31. The van der Waals surface area contributed by atoms with E-state index < -0.39 is 0 Å². The molecule has 6 aliphatic rings. The van der Waals surface area contributed by atoms with Gasteiger partial charge in [-0.3, -0.25) is 14.8 Å². The highest BCUT2D eigenvalue weighted by Gasteiger charge is 2.69. The maximum atomic E-state index is 14.5. The topological polar surface area (TPSA) is 75.6 Å². The number of hydrogen-bond donors (Lipinski definition) is 1. The number of ether oxygens (including phenoxy) is 1. The Kier molecular flexibility index (Phi) is 6.45. The number of aliphatic hydroxyl groups excluding tert-OH is 1. The van der Waals surface area contributed by atoms with Gasteiger partial charge in [-0.25, -0.2) is 0 Å². The fourth-order valence-electron chi connectivity index (χ4n) is 12.1. The largest absolute Gasteiger partial charge is 0.395 e. The van der Waals surface area contributed by atoms with Gasteiger partial charge in [-0.05, 0) is 97.2 Å². The first-order valence-corrected chi connectivity index (χ1v) is 16.8. The lowest BCUT2D eigenvalue weighted by Crippen LogP contribution is -2.66. The Morgan fingerprint density at radius 3 is 2.43 bits per heavy atom. The molecule has 1 aliphatic heterocycles. The zero-order valence-corrected chi connectivity index (χ0v) is 27.0. The van der Waals surface area contributed by atoms with Crippen molar-refractivity contribution >= 4 is 5.91 Å². The molecule has 0 spiro atoms. The van der Waals surface area contributed by atoms with Gasteiger partial charge in [0, 0.05) is 30.9 Å². The summed E-state index contributed by atoms with van der Waals surface area (Å²) in [4.78, 5) is 26.3. The van der Waals surface area contributed by atoms with E-state index in [0.717, 1.165) is 82.3 Å². The first kappa shape index (κ1) is 29.0. The Bertz CT molecular complexity index is 1300. The quantitative estimate of drug-likeness (QED) is 0.430. The van der Waals surface area contributed by atoms with E-state index in [-0.39, 0.29) is 39.1 Å². The maximum Gasteiger partial charge on any atom is 0.229 e. The third kappa shape index (κ3) is 3.66. The first-order chi connectivity index (χ1) is 19.8. The second kappa shape index (κ2) is 9.36. The van der Waals surface area contributed by atoms with Crippen molar-refractivity contribution in [2.75, 3.05) is 32.9 Å². The van der Waals surface area contributed by atoms with Crippen LogP contribution in [0.3, 0.4) is 0 Å². The molecule has 4 fully saturated rings. The van der Waals surface area contributed by atoms with E-state index in [1.165, 1.54) is 0 Å². The van der Waals surface area contributed by atoms with E-state index in [4.69, 9.17) is 14.7 Å². The molecule has 1 amide bonds. The standard InChI is InChI=1S/C36H53N3O3/c1-31(2)11-13-36(30(41)39-17-19-42-20-18-39)14-12-34(5)24(25(36)21-31)7-8-28-32(3)22-26-29(38-16-15-37-26)33(4,23-40)27(32)9-10-35(28,34)6/h7,15-16,25,27-28,40H,8-14,17-23H2,1-6H3/t25-,27+,28+,32-,33-,34+,35+,36-/m0/s1. The van der Waals surface area contributed by atoms with Gasteiger partial charge in [-0.15, -0.1) is 0 Å². The van der Waals surface area contributed by atoms with Crippen LogP contribution in [0.5, 0.6) is 0 Å². The molecule has 1 N–H and O–H groups in total. The molecular formula is C36H53N3O3. The molecule has 0 bridgehead atoms. The Morgan fingerprint density at radius 2 is 1.69 bits per heavy atom. The zero-order valence-electron chi connectivity index (χ0n) is 27.0. The average molecular weight is 576 g/mol. The van der Waals surface area contributed by atoms with Crippen LogP contribution in [0.15, 0.2) is 24.0 Å². The number of aliphatic hydroxyl groups is 1. The van der Waals surface area contributed by atoms with Crippen molar-refractivity contribution in [3.63, 3.8) is 0 Å². The van der Waals surface area contributed by atoms with Crippen molar-refractivity contribution < 1.29 is 14.6 Å². The van der Waals surface area contributed by atoms with Gasteiger partial charge in [0.15, 0.2) is 0 Å². The normalized spacial score (nSPS) is 45.8. The van der Waals surface area contributed by atoms with Crippen LogP contribution in [0.4, 0.5) is 0 Å². The molecule has 1 aromatic rings. The fraction of sp³-hybridized carbons (Fsp3) is 0.806. The number of nitrogens with zero attached hydrogens (tertiary/aromatic N) is 3. The van der Waals surface area contributed by atoms with Crippen molar-refractivity contribution in [1.82, 2.24) is 14.9 Å². The SMILES string of the molecule is CC1(C)CC[C@]2(C(=O)N3CCOCC3)CC[C@]3(C)C(=CC[C@@H]4[C@@]5(C)Cc6nccnc6[C@@](C)(CO)[C@@H]5CC[C@]43C)[C@@H]2C1. The molecule has 230 valence electrons. The average Bonchev–Trinajstić information content (AvgIpc) is 2.97. The smallest absolute Gasteiger partial charge is 0.229 e. The fourth-order valence-corrected chi connectivity index (χ4v) is 12.1. The van der Waals surface area contributed by atoms with Gasteiger partial charge in [0.25, 0.3) is 0 Å². The van der Waals surface area contributed by atoms with Gasteiger partial charge in [-0.1, -0.05) is 53.2 Å². The van der Waals surface area contributed by atoms with Gasteiger partial charge in [0.05, 0.1) is 36.6 Å². The third-order valence-corrected chi connectivity index (χ3v) is 14.6. The van der Waals surface area contributed by atoms with Gasteiger partial charge >= 0.3 is 0 Å². The number of carbonyl (C=O) groups excluding carboxylic acids is 1. The summed E-state index contributed by atoms with van der Waals surface area (Å²) >= 11 is 0. The highest BCUT2D eigenvalue weighted by Crippen LogP contribution is 2.75. The molecule has 6 nitrogen and oxygen atoms in total. The summed E-state index contributed by atoms with van der Waals surface area (Å²) in [5.74, 6) is 1.60. The monoisotopic (exact) mass is 575 g/mol. The molecule has 0 radical (unpaired) electrons. The number of rotatable bonds is 2. The lowest BCUT2D eigenvalue weighted by atomic mass is 9.33. The van der Waals surface area contributed by atoms with Gasteiger partial charge in [0.2, 0.25) is 5.91 Å². The summed E-state index contributed by atoms with van der Waals surface area (Å²) < 4.78 is 5.65. The molecule has 6 heteroatoms. The molecule has 1 saturated heterocycles. The maximum absolute atomic E-state index is 14.5. The molecule has 7 rings (SSSR count). The number of morpholine rings is 1. The minimum absolute atomic E-state index is 0.0303. The van der Waals surface area contributed by atoms with E-state index in [1.54, 1.807) is 11.8 Å². The zero-order chi connectivity index (χ0) is 29.8. The molecule has 0 aromatic carbocycles. The number of aromatic nitrogens is 2. The van der Waals surface area contributed by atoms with Gasteiger partial charge in [-0.2, -0.15) is 0 Å². The van der Waals surface area contributed by atoms with Crippen LogP contribution in [0, 0.1) is 44.8 Å². The van der Waals surface area contributed by atoms with Gasteiger partial charge < -0.3 is 14.7 Å². The molecule has 1 aromatic heterocycles. The van der Waals surface area contributed by atoms with Crippen molar-refractivity contribution in [3.05, 3.63) is 35.4 Å². The van der Waals surface area contributed by atoms with Crippen molar-refractivity contribution in [2.24, 2.45) is 44.8 Å². The highest BCUT2D eigenvalue weighted by molar-refractivity contribution is 5.84. The van der Waals surface area contributed by atoms with Crippen molar-refractivity contribution in [2.45, 2.75) is 105 Å². The minimum Gasteiger partial charge on any atom is -0.395 e. The van der Waals surface area contributed by atoms with Crippen LogP contribution in [0.2, 0.25) is 0 Å². The number of fused-ring (bicyclic) bond motifs is 8. The molecule has 42 heavy (non-hydrogen) atoms. The van der Waals surface area contributed by atoms with E-state index in [2.05, 4.69) is 52.5 Å². The van der Waals surface area contributed by atoms with Crippen LogP contribution < -0.4 is 0 Å². The van der Waals surface area contributed by atoms with E-state index in [1.807, 2.05) is 6.20 Å². The van der Waals surface area contributed by atoms with Crippen molar-refractivity contribution in [3.8, 4) is 0 Å². The van der Waals surface area contributed by atoms with Crippen molar-refractivity contribution in [1.29, 1.82) is 0 Å². The summed E-state index contributed by atoms with van der Waals surface area (Å²) in [7, 11) is 0. The lowest BCUT2D eigenvalue weighted by Gasteiger charge is -2.70. The van der Waals surface area contributed by atoms with E-state index in [9.17, 15) is 9.90 Å². The molecular weight excluding hydrogens is 522 g/mol. The summed E-state index contributed by atoms with van der Waals surface area (Å²) in [5.41, 5.74) is 3.56. The molecule has 2 heterocycles. The number of allylic oxidation sites excluding steroid dienone is 2. The summed E-state index contributed by atoms with van der Waals surface area (Å²) in [6, 6.07) is 0. The molecule has 3 saturated carbocycles. The molecule has 0 unspecified atom stereocenters. The second-order valence-electron chi connectivity index (χ2n) is 16.9.